The highest BCUT2D eigenvalue weighted by molar-refractivity contribution is 6.71. The predicted octanol–water partition coefficient (Wildman–Crippen LogP) is 1.44. The Morgan fingerprint density at radius 3 is 2.70 bits per heavy atom. The zero-order valence-electron chi connectivity index (χ0n) is 4.60. The van der Waals surface area contributed by atoms with Crippen LogP contribution in [0.3, 0.4) is 0 Å². The Balaban J connectivity index is 3.08. The summed E-state index contributed by atoms with van der Waals surface area (Å²) in [6, 6.07) is 1.75. The number of hydrogen-bond donors (Lipinski definition) is 0. The van der Waals surface area contributed by atoms with Gasteiger partial charge in [-0.05, 0) is 0 Å². The van der Waals surface area contributed by atoms with Crippen LogP contribution in [-0.2, 0) is 0 Å². The molecule has 1 rings (SSSR count). The molecule has 0 saturated carbocycles. The van der Waals surface area contributed by atoms with Crippen molar-refractivity contribution in [2.45, 2.75) is 0 Å². The first kappa shape index (κ1) is 7.30. The third kappa shape index (κ3) is 1.37. The summed E-state index contributed by atoms with van der Waals surface area (Å²) >= 11 is 10.8. The minimum Gasteiger partial charge on any atom is -0.220 e. The molecule has 0 amide bonds. The summed E-state index contributed by atoms with van der Waals surface area (Å²) in [6.07, 6.45) is 0. The van der Waals surface area contributed by atoms with Gasteiger partial charge in [0, 0.05) is 5.87 Å². The van der Waals surface area contributed by atoms with Crippen LogP contribution in [0.2, 0.25) is 0 Å². The molecule has 3 nitrogen and oxygen atoms in total. The molecule has 0 unspecified atom stereocenters. The van der Waals surface area contributed by atoms with Crippen molar-refractivity contribution >= 4 is 34.2 Å². The Morgan fingerprint density at radius 1 is 1.50 bits per heavy atom. The maximum absolute atomic E-state index is 8.32. The van der Waals surface area contributed by atoms with Crippen molar-refractivity contribution in [3.63, 3.8) is 0 Å². The molecule has 0 saturated heterocycles. The molecule has 49 valence electrons. The first-order valence-corrected chi connectivity index (χ1v) is 3.00. The van der Waals surface area contributed by atoms with Crippen LogP contribution in [0, 0.1) is 17.0 Å². The van der Waals surface area contributed by atoms with Crippen LogP contribution in [-0.4, -0.2) is 11.0 Å². The molecule has 1 heterocycles. The van der Waals surface area contributed by atoms with E-state index in [9.17, 15) is 0 Å². The zero-order valence-corrected chi connectivity index (χ0v) is 6.11. The van der Waals surface area contributed by atoms with Gasteiger partial charge in [-0.15, -0.1) is 0 Å². The lowest BCUT2D eigenvalue weighted by atomic mass is 10.3. The standard InChI is InChI=1S/C5Cl2N3/c6-4-3(1-8)2-9-5(7)10-4. The van der Waals surface area contributed by atoms with E-state index >= 15 is 0 Å². The Morgan fingerprint density at radius 2 is 2.20 bits per heavy atom. The summed E-state index contributed by atoms with van der Waals surface area (Å²) in [5.41, 5.74) is 0.0927. The fraction of sp³-hybridized carbons (Fsp3) is 0. The molecule has 0 aromatic rings. The number of allylic oxidation sites excluding steroid dienone is 1. The quantitative estimate of drug-likeness (QED) is 0.511. The van der Waals surface area contributed by atoms with E-state index < -0.39 is 0 Å². The first-order chi connectivity index (χ1) is 4.74. The van der Waals surface area contributed by atoms with E-state index in [0.29, 0.717) is 0 Å². The molecule has 5 heteroatoms. The molecule has 1 radical (unpaired) electrons. The zero-order chi connectivity index (χ0) is 7.56. The van der Waals surface area contributed by atoms with Gasteiger partial charge in [0.2, 0.25) is 0 Å². The van der Waals surface area contributed by atoms with Crippen molar-refractivity contribution in [1.29, 1.82) is 5.26 Å². The molecule has 0 N–H and O–H groups in total. The minimum absolute atomic E-state index is 0.0102. The van der Waals surface area contributed by atoms with Crippen LogP contribution >= 0.6 is 23.2 Å². The van der Waals surface area contributed by atoms with E-state index in [1.54, 1.807) is 6.07 Å². The molecular weight excluding hydrogens is 173 g/mol. The second-order valence-corrected chi connectivity index (χ2v) is 2.08. The third-order valence-corrected chi connectivity index (χ3v) is 1.21. The Kier molecular flexibility index (Phi) is 2.08. The molecule has 0 aliphatic carbocycles. The van der Waals surface area contributed by atoms with Crippen molar-refractivity contribution in [2.24, 2.45) is 9.98 Å². The van der Waals surface area contributed by atoms with E-state index in [-0.39, 0.29) is 16.4 Å². The smallest absolute Gasteiger partial charge is 0.220 e. The number of aliphatic imine (C=N–C) groups is 2. The Bertz CT molecular complexity index is 280. The van der Waals surface area contributed by atoms with E-state index in [0.717, 1.165) is 0 Å². The highest BCUT2D eigenvalue weighted by atomic mass is 35.5. The van der Waals surface area contributed by atoms with Crippen LogP contribution in [0.15, 0.2) is 15.6 Å². The molecule has 10 heavy (non-hydrogen) atoms. The van der Waals surface area contributed by atoms with E-state index in [2.05, 4.69) is 15.9 Å². The highest BCUT2D eigenvalue weighted by Crippen LogP contribution is 2.15. The lowest BCUT2D eigenvalue weighted by Crippen LogP contribution is -1.98. The fourth-order valence-corrected chi connectivity index (χ4v) is 0.716. The molecule has 0 aromatic carbocycles. The van der Waals surface area contributed by atoms with Gasteiger partial charge in [0.05, 0.1) is 0 Å². The van der Waals surface area contributed by atoms with E-state index in [1.165, 1.54) is 0 Å². The van der Waals surface area contributed by atoms with Crippen LogP contribution in [0.5, 0.6) is 0 Å². The van der Waals surface area contributed by atoms with Gasteiger partial charge >= 0.3 is 0 Å². The molecular formula is C5Cl2N3. The van der Waals surface area contributed by atoms with Gasteiger partial charge in [-0.25, -0.2) is 4.99 Å². The molecule has 1 aliphatic heterocycles. The van der Waals surface area contributed by atoms with Gasteiger partial charge in [0.1, 0.15) is 11.6 Å². The molecule has 1 aliphatic rings. The van der Waals surface area contributed by atoms with Crippen molar-refractivity contribution in [3.8, 4) is 6.07 Å². The SMILES string of the molecule is N#CC1=C=N[C](Cl)N=C1Cl. The van der Waals surface area contributed by atoms with Crippen molar-refractivity contribution in [2.75, 3.05) is 0 Å². The monoisotopic (exact) mass is 172 g/mol. The van der Waals surface area contributed by atoms with Crippen molar-refractivity contribution in [1.82, 2.24) is 0 Å². The normalized spacial score (nSPS) is 17.7. The molecule has 0 atom stereocenters. The lowest BCUT2D eigenvalue weighted by molar-refractivity contribution is 1.18. The topological polar surface area (TPSA) is 48.5 Å². The van der Waals surface area contributed by atoms with Crippen LogP contribution in [0.25, 0.3) is 0 Å². The number of nitriles is 1. The van der Waals surface area contributed by atoms with Gasteiger partial charge in [-0.1, -0.05) is 23.2 Å². The maximum Gasteiger partial charge on any atom is 0.297 e. The van der Waals surface area contributed by atoms with Gasteiger partial charge < -0.3 is 0 Å². The average molecular weight is 173 g/mol. The second kappa shape index (κ2) is 2.85. The molecule has 0 fully saturated rings. The van der Waals surface area contributed by atoms with Crippen LogP contribution in [0.1, 0.15) is 0 Å². The van der Waals surface area contributed by atoms with Crippen LogP contribution < -0.4 is 0 Å². The minimum atomic E-state index is -0.0102. The van der Waals surface area contributed by atoms with E-state index in [4.69, 9.17) is 28.5 Å². The summed E-state index contributed by atoms with van der Waals surface area (Å²) in [6.45, 7) is 0. The van der Waals surface area contributed by atoms with Crippen LogP contribution in [0.4, 0.5) is 0 Å². The third-order valence-electron chi connectivity index (χ3n) is 0.768. The van der Waals surface area contributed by atoms with Crippen molar-refractivity contribution < 1.29 is 0 Å². The summed E-state index contributed by atoms with van der Waals surface area (Å²) in [5.74, 6) is 2.32. The average Bonchev–Trinajstić information content (AvgIpc) is 1.88. The maximum atomic E-state index is 8.32. The summed E-state index contributed by atoms with van der Waals surface area (Å²) in [5, 5.41) is 8.35. The van der Waals surface area contributed by atoms with Gasteiger partial charge in [-0.3, -0.25) is 0 Å². The lowest BCUT2D eigenvalue weighted by Gasteiger charge is -1.97. The van der Waals surface area contributed by atoms with Gasteiger partial charge in [0.25, 0.3) is 5.62 Å². The summed E-state index contributed by atoms with van der Waals surface area (Å²) in [4.78, 5) is 6.94. The van der Waals surface area contributed by atoms with Gasteiger partial charge in [-0.2, -0.15) is 10.3 Å². The molecule has 0 aromatic heterocycles. The van der Waals surface area contributed by atoms with Crippen molar-refractivity contribution in [3.05, 3.63) is 11.2 Å². The Hall–Kier alpha value is -0.810. The highest BCUT2D eigenvalue weighted by Gasteiger charge is 2.11. The molecule has 0 bridgehead atoms. The predicted molar refractivity (Wildman–Crippen MR) is 38.9 cm³/mol. The summed E-state index contributed by atoms with van der Waals surface area (Å²) in [7, 11) is 0. The van der Waals surface area contributed by atoms with E-state index in [1.807, 2.05) is 0 Å². The first-order valence-electron chi connectivity index (χ1n) is 2.25. The number of rotatable bonds is 0. The fourth-order valence-electron chi connectivity index (χ4n) is 0.381. The second-order valence-electron chi connectivity index (χ2n) is 1.38. The molecule has 0 spiro atoms. The van der Waals surface area contributed by atoms with Gasteiger partial charge in [0.15, 0.2) is 5.17 Å². The number of halogens is 2. The largest absolute Gasteiger partial charge is 0.297 e. The Labute approximate surface area is 67.3 Å². The number of nitrogens with zero attached hydrogens (tertiary/aromatic N) is 3. The number of hydrogen-bond acceptors (Lipinski definition) is 3. The summed E-state index contributed by atoms with van der Waals surface area (Å²) < 4.78 is 0.